The van der Waals surface area contributed by atoms with Crippen LogP contribution in [-0.4, -0.2) is 22.9 Å². The van der Waals surface area contributed by atoms with E-state index in [0.29, 0.717) is 5.75 Å². The molecule has 2 atom stereocenters. The number of carbonyl (C=O) groups is 2. The highest BCUT2D eigenvalue weighted by Crippen LogP contribution is 2.33. The summed E-state index contributed by atoms with van der Waals surface area (Å²) in [5.41, 5.74) is 0. The molecule has 0 heterocycles. The minimum atomic E-state index is -0.446. The van der Waals surface area contributed by atoms with Gasteiger partial charge in [-0.05, 0) is 74.2 Å². The maximum Gasteiger partial charge on any atom is 0.319 e. The van der Waals surface area contributed by atoms with Crippen LogP contribution in [0.3, 0.4) is 0 Å². The van der Waals surface area contributed by atoms with Crippen molar-refractivity contribution in [2.75, 3.05) is 0 Å². The van der Waals surface area contributed by atoms with E-state index in [1.54, 1.807) is 6.92 Å². The number of alkyl halides is 1. The fourth-order valence-electron chi connectivity index (χ4n) is 4.38. The summed E-state index contributed by atoms with van der Waals surface area (Å²) >= 11 is 3.26. The first kappa shape index (κ1) is 25.5. The quantitative estimate of drug-likeness (QED) is 0.124. The molecule has 0 amide bonds. The van der Waals surface area contributed by atoms with Crippen LogP contribution in [0.15, 0.2) is 99.6 Å². The van der Waals surface area contributed by atoms with E-state index in [9.17, 15) is 9.59 Å². The molecule has 4 nitrogen and oxygen atoms in total. The fraction of sp³-hybridized carbons (Fsp3) is 0.310. The Labute approximate surface area is 218 Å². The Morgan fingerprint density at radius 1 is 0.857 bits per heavy atom. The fourth-order valence-corrected chi connectivity index (χ4v) is 6.57. The van der Waals surface area contributed by atoms with Crippen LogP contribution in [0.2, 0.25) is 0 Å². The van der Waals surface area contributed by atoms with E-state index in [4.69, 9.17) is 9.47 Å². The zero-order valence-electron chi connectivity index (χ0n) is 19.8. The molecule has 1 aliphatic rings. The maximum atomic E-state index is 12.8. The molecule has 0 saturated heterocycles. The molecular formula is C29H30BrO4S+. The van der Waals surface area contributed by atoms with Crippen LogP contribution >= 0.6 is 15.9 Å². The summed E-state index contributed by atoms with van der Waals surface area (Å²) in [6.45, 7) is 1.73. The van der Waals surface area contributed by atoms with Crippen LogP contribution in [0.4, 0.5) is 0 Å². The maximum absolute atomic E-state index is 12.8. The van der Waals surface area contributed by atoms with Crippen molar-refractivity contribution < 1.29 is 19.1 Å². The van der Waals surface area contributed by atoms with E-state index in [2.05, 4.69) is 64.5 Å². The molecule has 35 heavy (non-hydrogen) atoms. The summed E-state index contributed by atoms with van der Waals surface area (Å²) in [5, 5.41) is 0. The summed E-state index contributed by atoms with van der Waals surface area (Å²) in [7, 11) is -0.260. The molecule has 2 unspecified atom stereocenters. The molecule has 0 bridgehead atoms. The first-order valence-electron chi connectivity index (χ1n) is 12.0. The molecular weight excluding hydrogens is 524 g/mol. The van der Waals surface area contributed by atoms with Gasteiger partial charge in [0, 0.05) is 0 Å². The van der Waals surface area contributed by atoms with Crippen molar-refractivity contribution in [2.45, 2.75) is 64.6 Å². The Balaban J connectivity index is 1.46. The van der Waals surface area contributed by atoms with Gasteiger partial charge in [-0.15, -0.1) is 0 Å². The molecule has 0 spiro atoms. The number of halogens is 1. The molecule has 182 valence electrons. The molecule has 1 fully saturated rings. The van der Waals surface area contributed by atoms with Crippen molar-refractivity contribution in [3.8, 4) is 5.75 Å². The third-order valence-corrected chi connectivity index (χ3v) is 8.74. The summed E-state index contributed by atoms with van der Waals surface area (Å²) in [4.78, 5) is 28.1. The van der Waals surface area contributed by atoms with Crippen molar-refractivity contribution in [3.05, 3.63) is 84.9 Å². The van der Waals surface area contributed by atoms with E-state index in [-0.39, 0.29) is 35.2 Å². The van der Waals surface area contributed by atoms with E-state index < -0.39 is 10.9 Å². The van der Waals surface area contributed by atoms with E-state index >= 15 is 0 Å². The SMILES string of the molecule is CC(Br)C(=O)OC(CC(=O)Oc1ccc([S+](c2ccccc2)c2ccccc2)cc1)C1CCCC1. The van der Waals surface area contributed by atoms with Gasteiger partial charge in [0.15, 0.2) is 14.7 Å². The molecule has 1 aliphatic carbocycles. The molecule has 1 saturated carbocycles. The van der Waals surface area contributed by atoms with Crippen LogP contribution in [0, 0.1) is 5.92 Å². The first-order valence-corrected chi connectivity index (χ1v) is 14.1. The van der Waals surface area contributed by atoms with E-state index in [1.807, 2.05) is 36.4 Å². The topological polar surface area (TPSA) is 52.6 Å². The Bertz CT molecular complexity index is 1060. The second-order valence-corrected chi connectivity index (χ2v) is 12.1. The van der Waals surface area contributed by atoms with Crippen LogP contribution in [0.5, 0.6) is 5.75 Å². The first-order chi connectivity index (χ1) is 17.0. The molecule has 6 heteroatoms. The second kappa shape index (κ2) is 12.4. The van der Waals surface area contributed by atoms with Crippen molar-refractivity contribution in [2.24, 2.45) is 5.92 Å². The minimum Gasteiger partial charge on any atom is -0.461 e. The number of hydrogen-bond acceptors (Lipinski definition) is 4. The Morgan fingerprint density at radius 3 is 1.89 bits per heavy atom. The highest BCUT2D eigenvalue weighted by Gasteiger charge is 2.32. The monoisotopic (exact) mass is 553 g/mol. The lowest BCUT2D eigenvalue weighted by Crippen LogP contribution is -2.31. The largest absolute Gasteiger partial charge is 0.461 e. The van der Waals surface area contributed by atoms with Crippen LogP contribution in [-0.2, 0) is 25.2 Å². The highest BCUT2D eigenvalue weighted by atomic mass is 79.9. The molecule has 4 rings (SSSR count). The molecule has 0 aromatic heterocycles. The van der Waals surface area contributed by atoms with Crippen molar-refractivity contribution >= 4 is 38.8 Å². The van der Waals surface area contributed by atoms with Gasteiger partial charge in [0.1, 0.15) is 16.7 Å². The van der Waals surface area contributed by atoms with Crippen molar-refractivity contribution in [1.29, 1.82) is 0 Å². The number of carbonyl (C=O) groups excluding carboxylic acids is 2. The van der Waals surface area contributed by atoms with Crippen molar-refractivity contribution in [3.63, 3.8) is 0 Å². The number of benzene rings is 3. The molecule has 3 aromatic rings. The normalized spacial score (nSPS) is 15.5. The van der Waals surface area contributed by atoms with Crippen LogP contribution in [0.1, 0.15) is 39.0 Å². The van der Waals surface area contributed by atoms with E-state index in [0.717, 1.165) is 30.6 Å². The number of rotatable bonds is 9. The third-order valence-electron chi connectivity index (χ3n) is 6.13. The van der Waals surface area contributed by atoms with Gasteiger partial charge in [-0.2, -0.15) is 0 Å². The lowest BCUT2D eigenvalue weighted by atomic mass is 9.98. The van der Waals surface area contributed by atoms with Gasteiger partial charge >= 0.3 is 11.9 Å². The Kier molecular flexibility index (Phi) is 9.05. The van der Waals surface area contributed by atoms with Gasteiger partial charge in [0.05, 0.1) is 17.3 Å². The number of esters is 2. The lowest BCUT2D eigenvalue weighted by Gasteiger charge is -2.23. The minimum absolute atomic E-state index is 0.0658. The van der Waals surface area contributed by atoms with Gasteiger partial charge in [0.2, 0.25) is 0 Å². The van der Waals surface area contributed by atoms with E-state index in [1.165, 1.54) is 9.79 Å². The molecule has 0 N–H and O–H groups in total. The summed E-state index contributed by atoms with van der Waals surface area (Å²) in [6, 6.07) is 28.6. The second-order valence-electron chi connectivity index (χ2n) is 8.72. The van der Waals surface area contributed by atoms with Crippen LogP contribution in [0.25, 0.3) is 0 Å². The molecule has 0 aliphatic heterocycles. The van der Waals surface area contributed by atoms with Gasteiger partial charge in [-0.1, -0.05) is 65.2 Å². The Morgan fingerprint density at radius 2 is 1.37 bits per heavy atom. The zero-order chi connectivity index (χ0) is 24.6. The summed E-state index contributed by atoms with van der Waals surface area (Å²) in [6.07, 6.45) is 3.76. The number of hydrogen-bond donors (Lipinski definition) is 0. The van der Waals surface area contributed by atoms with Gasteiger partial charge in [0.25, 0.3) is 0 Å². The summed E-state index contributed by atoms with van der Waals surface area (Å²) in [5.74, 6) is -0.0182. The van der Waals surface area contributed by atoms with Crippen molar-refractivity contribution in [1.82, 2.24) is 0 Å². The predicted octanol–water partition coefficient (Wildman–Crippen LogP) is 6.96. The average Bonchev–Trinajstić information content (AvgIpc) is 3.41. The molecule has 3 aromatic carbocycles. The number of ether oxygens (including phenoxy) is 2. The Hall–Kier alpha value is -2.57. The van der Waals surface area contributed by atoms with Gasteiger partial charge in [-0.3, -0.25) is 9.59 Å². The lowest BCUT2D eigenvalue weighted by molar-refractivity contribution is -0.154. The van der Waals surface area contributed by atoms with Gasteiger partial charge < -0.3 is 9.47 Å². The third kappa shape index (κ3) is 6.98. The smallest absolute Gasteiger partial charge is 0.319 e. The van der Waals surface area contributed by atoms with Crippen LogP contribution < -0.4 is 4.74 Å². The zero-order valence-corrected chi connectivity index (χ0v) is 22.2. The summed E-state index contributed by atoms with van der Waals surface area (Å²) < 4.78 is 11.3. The van der Waals surface area contributed by atoms with Gasteiger partial charge in [-0.25, -0.2) is 0 Å². The highest BCUT2D eigenvalue weighted by molar-refractivity contribution is 9.10. The standard InChI is InChI=1S/C29H30BrO4S/c1-21(30)29(32)34-27(22-10-8-9-11-22)20-28(31)33-23-16-18-26(19-17-23)35(24-12-4-2-5-13-24)25-14-6-3-7-15-25/h2-7,12-19,21-22,27H,8-11,20H2,1H3/q+1. The molecule has 0 radical (unpaired) electrons. The predicted molar refractivity (Wildman–Crippen MR) is 142 cm³/mol. The average molecular weight is 555 g/mol.